The van der Waals surface area contributed by atoms with Crippen molar-refractivity contribution < 1.29 is 9.47 Å². The Labute approximate surface area is 110 Å². The Balaban J connectivity index is 2.04. The molecule has 0 amide bonds. The van der Waals surface area contributed by atoms with Gasteiger partial charge < -0.3 is 15.2 Å². The number of aromatic nitrogens is 1. The molecule has 0 bridgehead atoms. The van der Waals surface area contributed by atoms with Gasteiger partial charge in [0.25, 0.3) is 0 Å². The van der Waals surface area contributed by atoms with Gasteiger partial charge in [0.15, 0.2) is 0 Å². The van der Waals surface area contributed by atoms with E-state index in [1.54, 1.807) is 18.4 Å². The first-order valence-corrected chi connectivity index (χ1v) is 6.58. The van der Waals surface area contributed by atoms with Gasteiger partial charge >= 0.3 is 0 Å². The van der Waals surface area contributed by atoms with E-state index >= 15 is 0 Å². The molecule has 0 radical (unpaired) electrons. The highest BCUT2D eigenvalue weighted by atomic mass is 32.1. The summed E-state index contributed by atoms with van der Waals surface area (Å²) >= 11 is 1.61. The number of hydrogen-bond donors (Lipinski definition) is 1. The molecule has 1 heterocycles. The Bertz CT molecular complexity index is 482. The molecule has 0 saturated heterocycles. The molecule has 0 saturated carbocycles. The Morgan fingerprint density at radius 3 is 2.72 bits per heavy atom. The molecule has 0 aliphatic rings. The maximum Gasteiger partial charge on any atom is 0.123 e. The number of nitrogens with zero attached hydrogens (tertiary/aromatic N) is 1. The van der Waals surface area contributed by atoms with Crippen LogP contribution in [-0.4, -0.2) is 25.2 Å². The van der Waals surface area contributed by atoms with Crippen molar-refractivity contribution in [2.75, 3.05) is 20.3 Å². The highest BCUT2D eigenvalue weighted by molar-refractivity contribution is 7.13. The number of thiazole rings is 1. The van der Waals surface area contributed by atoms with Crippen molar-refractivity contribution in [1.82, 2.24) is 4.98 Å². The maximum atomic E-state index is 5.36. The van der Waals surface area contributed by atoms with Crippen molar-refractivity contribution in [3.8, 4) is 16.3 Å². The Morgan fingerprint density at radius 2 is 2.06 bits per heavy atom. The summed E-state index contributed by atoms with van der Waals surface area (Å²) in [5.41, 5.74) is 7.39. The van der Waals surface area contributed by atoms with E-state index in [0.717, 1.165) is 22.0 Å². The van der Waals surface area contributed by atoms with Crippen LogP contribution in [0.5, 0.6) is 5.75 Å². The van der Waals surface area contributed by atoms with Crippen molar-refractivity contribution in [1.29, 1.82) is 0 Å². The second kappa shape index (κ2) is 6.49. The van der Waals surface area contributed by atoms with Crippen molar-refractivity contribution >= 4 is 11.3 Å². The molecule has 1 aromatic heterocycles. The molecular formula is C13H16N2O2S. The minimum atomic E-state index is 0.518. The normalized spacial score (nSPS) is 10.6. The molecule has 2 N–H and O–H groups in total. The molecule has 18 heavy (non-hydrogen) atoms. The zero-order valence-corrected chi connectivity index (χ0v) is 11.1. The molecule has 0 aliphatic carbocycles. The van der Waals surface area contributed by atoms with Crippen LogP contribution >= 0.6 is 11.3 Å². The van der Waals surface area contributed by atoms with E-state index in [1.165, 1.54) is 0 Å². The summed E-state index contributed by atoms with van der Waals surface area (Å²) in [7, 11) is 1.66. The van der Waals surface area contributed by atoms with Gasteiger partial charge in [-0.05, 0) is 24.3 Å². The lowest BCUT2D eigenvalue weighted by atomic mass is 10.2. The smallest absolute Gasteiger partial charge is 0.123 e. The molecule has 5 heteroatoms. The monoisotopic (exact) mass is 264 g/mol. The molecule has 0 spiro atoms. The highest BCUT2D eigenvalue weighted by Gasteiger charge is 2.05. The second-order valence-electron chi connectivity index (χ2n) is 3.71. The molecule has 0 aliphatic heterocycles. The third-order valence-corrected chi connectivity index (χ3v) is 3.34. The van der Waals surface area contributed by atoms with Crippen LogP contribution in [-0.2, 0) is 11.3 Å². The molecular weight excluding hydrogens is 248 g/mol. The average Bonchev–Trinajstić information content (AvgIpc) is 2.88. The van der Waals surface area contributed by atoms with E-state index < -0.39 is 0 Å². The van der Waals surface area contributed by atoms with Gasteiger partial charge in [0.1, 0.15) is 10.8 Å². The van der Waals surface area contributed by atoms with Crippen molar-refractivity contribution in [2.45, 2.75) is 6.61 Å². The third kappa shape index (κ3) is 3.29. The fourth-order valence-corrected chi connectivity index (χ4v) is 2.31. The van der Waals surface area contributed by atoms with Crippen LogP contribution < -0.4 is 10.5 Å². The van der Waals surface area contributed by atoms with Crippen molar-refractivity contribution in [3.63, 3.8) is 0 Å². The summed E-state index contributed by atoms with van der Waals surface area (Å²) in [4.78, 5) is 4.52. The number of rotatable bonds is 6. The zero-order valence-electron chi connectivity index (χ0n) is 10.3. The number of hydrogen-bond acceptors (Lipinski definition) is 5. The minimum Gasteiger partial charge on any atom is -0.497 e. The van der Waals surface area contributed by atoms with E-state index in [-0.39, 0.29) is 0 Å². The fourth-order valence-electron chi connectivity index (χ4n) is 1.50. The van der Waals surface area contributed by atoms with Gasteiger partial charge in [-0.15, -0.1) is 11.3 Å². The molecule has 0 fully saturated rings. The van der Waals surface area contributed by atoms with Gasteiger partial charge in [-0.2, -0.15) is 0 Å². The lowest BCUT2D eigenvalue weighted by Crippen LogP contribution is -2.08. The number of benzene rings is 1. The lowest BCUT2D eigenvalue weighted by Gasteiger charge is -2.00. The predicted molar refractivity (Wildman–Crippen MR) is 72.8 cm³/mol. The number of nitrogens with two attached hydrogens (primary N) is 1. The Kier molecular flexibility index (Phi) is 4.69. The summed E-state index contributed by atoms with van der Waals surface area (Å²) in [5, 5.41) is 3.00. The van der Waals surface area contributed by atoms with Crippen LogP contribution in [0.3, 0.4) is 0 Å². The third-order valence-electron chi connectivity index (χ3n) is 2.40. The van der Waals surface area contributed by atoms with Gasteiger partial charge in [-0.1, -0.05) is 0 Å². The number of ether oxygens (including phenoxy) is 2. The summed E-state index contributed by atoms with van der Waals surface area (Å²) in [6.07, 6.45) is 0. The second-order valence-corrected chi connectivity index (χ2v) is 4.57. The summed E-state index contributed by atoms with van der Waals surface area (Å²) in [5.74, 6) is 0.849. The van der Waals surface area contributed by atoms with Crippen LogP contribution in [0.15, 0.2) is 29.6 Å². The molecule has 2 rings (SSSR count). The van der Waals surface area contributed by atoms with Gasteiger partial charge in [-0.3, -0.25) is 0 Å². The first kappa shape index (κ1) is 13.0. The topological polar surface area (TPSA) is 57.4 Å². The quantitative estimate of drug-likeness (QED) is 0.813. The van der Waals surface area contributed by atoms with Crippen LogP contribution in [0.4, 0.5) is 0 Å². The molecule has 96 valence electrons. The zero-order chi connectivity index (χ0) is 12.8. The molecule has 4 nitrogen and oxygen atoms in total. The fraction of sp³-hybridized carbons (Fsp3) is 0.308. The van der Waals surface area contributed by atoms with Gasteiger partial charge in [0.05, 0.1) is 26.0 Å². The van der Waals surface area contributed by atoms with Gasteiger partial charge in [0.2, 0.25) is 0 Å². The SMILES string of the molecule is COc1ccc(-c2nc(COCCN)cs2)cc1. The van der Waals surface area contributed by atoms with Crippen LogP contribution in [0.25, 0.3) is 10.6 Å². The summed E-state index contributed by atoms with van der Waals surface area (Å²) in [6, 6.07) is 7.87. The first-order valence-electron chi connectivity index (χ1n) is 5.70. The van der Waals surface area contributed by atoms with E-state index in [9.17, 15) is 0 Å². The van der Waals surface area contributed by atoms with Crippen LogP contribution in [0, 0.1) is 0 Å². The van der Waals surface area contributed by atoms with E-state index in [0.29, 0.717) is 19.8 Å². The van der Waals surface area contributed by atoms with E-state index in [2.05, 4.69) is 4.98 Å². The molecule has 2 aromatic rings. The molecule has 0 atom stereocenters. The van der Waals surface area contributed by atoms with Gasteiger partial charge in [0, 0.05) is 17.5 Å². The summed E-state index contributed by atoms with van der Waals surface area (Å²) in [6.45, 7) is 1.62. The van der Waals surface area contributed by atoms with Crippen LogP contribution in [0.1, 0.15) is 5.69 Å². The lowest BCUT2D eigenvalue weighted by molar-refractivity contribution is 0.126. The van der Waals surface area contributed by atoms with Crippen LogP contribution in [0.2, 0.25) is 0 Å². The Hall–Kier alpha value is -1.43. The minimum absolute atomic E-state index is 0.518. The van der Waals surface area contributed by atoms with E-state index in [1.807, 2.05) is 29.6 Å². The maximum absolute atomic E-state index is 5.36. The summed E-state index contributed by atoms with van der Waals surface area (Å²) < 4.78 is 10.5. The van der Waals surface area contributed by atoms with E-state index in [4.69, 9.17) is 15.2 Å². The predicted octanol–water partition coefficient (Wildman–Crippen LogP) is 2.29. The van der Waals surface area contributed by atoms with Crippen molar-refractivity contribution in [3.05, 3.63) is 35.3 Å². The first-order chi connectivity index (χ1) is 8.83. The Morgan fingerprint density at radius 1 is 1.28 bits per heavy atom. The highest BCUT2D eigenvalue weighted by Crippen LogP contribution is 2.25. The molecule has 0 unspecified atom stereocenters. The average molecular weight is 264 g/mol. The van der Waals surface area contributed by atoms with Gasteiger partial charge in [-0.25, -0.2) is 4.98 Å². The number of methoxy groups -OCH3 is 1. The van der Waals surface area contributed by atoms with Crippen molar-refractivity contribution in [2.24, 2.45) is 5.73 Å². The molecule has 1 aromatic carbocycles. The largest absolute Gasteiger partial charge is 0.497 e. The standard InChI is InChI=1S/C13H16N2O2S/c1-16-12-4-2-10(3-5-12)13-15-11(9-18-13)8-17-7-6-14/h2-5,9H,6-8,14H2,1H3.